The van der Waals surface area contributed by atoms with Crippen LogP contribution in [0.2, 0.25) is 0 Å². The van der Waals surface area contributed by atoms with Crippen LogP contribution < -0.4 is 11.1 Å². The van der Waals surface area contributed by atoms with Crippen molar-refractivity contribution >= 4 is 11.6 Å². The minimum Gasteiger partial charge on any atom is -0.466 e. The maximum Gasteiger partial charge on any atom is 0.259 e. The van der Waals surface area contributed by atoms with Crippen molar-refractivity contribution < 1.29 is 9.21 Å². The summed E-state index contributed by atoms with van der Waals surface area (Å²) in [5.74, 6) is 6.94. The van der Waals surface area contributed by atoms with E-state index in [0.29, 0.717) is 17.9 Å². The summed E-state index contributed by atoms with van der Waals surface area (Å²) in [5.41, 5.74) is 8.50. The van der Waals surface area contributed by atoms with Crippen LogP contribution >= 0.6 is 0 Å². The quantitative estimate of drug-likeness (QED) is 0.832. The highest BCUT2D eigenvalue weighted by Gasteiger charge is 2.14. The fraction of sp³-hybridized carbons (Fsp3) is 0.235. The molecule has 2 rings (SSSR count). The third-order valence-corrected chi connectivity index (χ3v) is 3.09. The van der Waals surface area contributed by atoms with E-state index in [1.165, 1.54) is 0 Å². The van der Waals surface area contributed by atoms with Crippen molar-refractivity contribution in [3.05, 3.63) is 52.5 Å². The minimum absolute atomic E-state index is 0.173. The van der Waals surface area contributed by atoms with Crippen LogP contribution in [-0.4, -0.2) is 12.5 Å². The Bertz CT molecular complexity index is 733. The molecule has 1 amide bonds. The number of carbonyl (C=O) groups excluding carboxylic acids is 1. The van der Waals surface area contributed by atoms with E-state index in [1.54, 1.807) is 13.0 Å². The normalized spacial score (nSPS) is 9.90. The van der Waals surface area contributed by atoms with Gasteiger partial charge < -0.3 is 15.5 Å². The Morgan fingerprint density at radius 1 is 1.29 bits per heavy atom. The van der Waals surface area contributed by atoms with Crippen molar-refractivity contribution in [2.75, 3.05) is 11.9 Å². The van der Waals surface area contributed by atoms with Crippen LogP contribution in [0.15, 0.2) is 28.7 Å². The highest BCUT2D eigenvalue weighted by molar-refractivity contribution is 6.05. The fourth-order valence-corrected chi connectivity index (χ4v) is 2.08. The zero-order valence-electron chi connectivity index (χ0n) is 12.4. The molecule has 3 N–H and O–H groups in total. The molecular weight excluding hydrogens is 264 g/mol. The molecule has 2 aromatic rings. The van der Waals surface area contributed by atoms with Gasteiger partial charge in [-0.15, -0.1) is 0 Å². The number of anilines is 1. The highest BCUT2D eigenvalue weighted by Crippen LogP contribution is 2.19. The Kier molecular flexibility index (Phi) is 4.46. The van der Waals surface area contributed by atoms with E-state index in [2.05, 4.69) is 17.2 Å². The molecular formula is C17H18N2O2. The molecule has 0 aliphatic rings. The number of furan rings is 1. The molecule has 4 nitrogen and oxygen atoms in total. The summed E-state index contributed by atoms with van der Waals surface area (Å²) in [6, 6.07) is 7.36. The molecule has 0 aliphatic carbocycles. The lowest BCUT2D eigenvalue weighted by atomic mass is 10.1. The molecule has 4 heteroatoms. The number of nitrogens with two attached hydrogens (primary N) is 1. The second kappa shape index (κ2) is 6.29. The van der Waals surface area contributed by atoms with E-state index in [-0.39, 0.29) is 5.91 Å². The van der Waals surface area contributed by atoms with Crippen LogP contribution in [0.25, 0.3) is 0 Å². The van der Waals surface area contributed by atoms with Gasteiger partial charge in [-0.05, 0) is 50.6 Å². The summed E-state index contributed by atoms with van der Waals surface area (Å²) in [6.07, 6.45) is 0. The van der Waals surface area contributed by atoms with Crippen molar-refractivity contribution in [1.29, 1.82) is 0 Å². The molecule has 0 spiro atoms. The molecule has 21 heavy (non-hydrogen) atoms. The molecule has 0 fully saturated rings. The summed E-state index contributed by atoms with van der Waals surface area (Å²) >= 11 is 0. The number of amides is 1. The second-order valence-corrected chi connectivity index (χ2v) is 4.82. The number of rotatable bonds is 2. The van der Waals surface area contributed by atoms with Gasteiger partial charge in [-0.25, -0.2) is 0 Å². The van der Waals surface area contributed by atoms with Gasteiger partial charge >= 0.3 is 0 Å². The predicted molar refractivity (Wildman–Crippen MR) is 83.2 cm³/mol. The molecule has 0 unspecified atom stereocenters. The van der Waals surface area contributed by atoms with E-state index in [9.17, 15) is 4.79 Å². The lowest BCUT2D eigenvalue weighted by Gasteiger charge is -2.08. The molecule has 0 atom stereocenters. The Hall–Kier alpha value is -2.51. The summed E-state index contributed by atoms with van der Waals surface area (Å²) in [7, 11) is 0. The van der Waals surface area contributed by atoms with Gasteiger partial charge in [-0.2, -0.15) is 0 Å². The zero-order valence-corrected chi connectivity index (χ0v) is 12.4. The largest absolute Gasteiger partial charge is 0.466 e. The molecule has 0 saturated carbocycles. The number of nitrogens with one attached hydrogen (secondary N) is 1. The molecule has 108 valence electrons. The average molecular weight is 282 g/mol. The Labute approximate surface area is 124 Å². The zero-order chi connectivity index (χ0) is 15.4. The van der Waals surface area contributed by atoms with Crippen molar-refractivity contribution in [3.8, 4) is 11.8 Å². The number of benzene rings is 1. The smallest absolute Gasteiger partial charge is 0.259 e. The molecule has 0 bridgehead atoms. The monoisotopic (exact) mass is 282 g/mol. The molecule has 0 aliphatic heterocycles. The number of hydrogen-bond donors (Lipinski definition) is 2. The van der Waals surface area contributed by atoms with Crippen molar-refractivity contribution in [2.24, 2.45) is 5.73 Å². The average Bonchev–Trinajstić information content (AvgIpc) is 2.78. The first kappa shape index (κ1) is 14.9. The maximum absolute atomic E-state index is 12.2. The summed E-state index contributed by atoms with van der Waals surface area (Å²) in [4.78, 5) is 12.2. The summed E-state index contributed by atoms with van der Waals surface area (Å²) < 4.78 is 5.38. The van der Waals surface area contributed by atoms with Crippen molar-refractivity contribution in [3.63, 3.8) is 0 Å². The summed E-state index contributed by atoms with van der Waals surface area (Å²) in [6.45, 7) is 5.85. The van der Waals surface area contributed by atoms with Crippen LogP contribution in [0.1, 0.15) is 33.0 Å². The number of aryl methyl sites for hydroxylation is 3. The molecule has 1 aromatic carbocycles. The van der Waals surface area contributed by atoms with Crippen LogP contribution in [-0.2, 0) is 0 Å². The van der Waals surface area contributed by atoms with Gasteiger partial charge in [-0.1, -0.05) is 11.8 Å². The maximum atomic E-state index is 12.2. The SMILES string of the molecule is Cc1cc(C(=O)Nc2ccc(C#CCN)cc2C)c(C)o1. The third kappa shape index (κ3) is 3.53. The molecule has 0 radical (unpaired) electrons. The number of hydrogen-bond acceptors (Lipinski definition) is 3. The van der Waals surface area contributed by atoms with Crippen molar-refractivity contribution in [1.82, 2.24) is 0 Å². The second-order valence-electron chi connectivity index (χ2n) is 4.82. The van der Waals surface area contributed by atoms with E-state index in [1.807, 2.05) is 32.0 Å². The highest BCUT2D eigenvalue weighted by atomic mass is 16.3. The predicted octanol–water partition coefficient (Wildman–Crippen LogP) is 2.77. The van der Waals surface area contributed by atoms with Gasteiger partial charge in [0.15, 0.2) is 0 Å². The van der Waals surface area contributed by atoms with Gasteiger partial charge in [0.05, 0.1) is 12.1 Å². The van der Waals surface area contributed by atoms with Crippen LogP contribution in [0.5, 0.6) is 0 Å². The van der Waals surface area contributed by atoms with Gasteiger partial charge in [0.2, 0.25) is 0 Å². The van der Waals surface area contributed by atoms with Gasteiger partial charge in [0.25, 0.3) is 5.91 Å². The fourth-order valence-electron chi connectivity index (χ4n) is 2.08. The Balaban J connectivity index is 2.20. The van der Waals surface area contributed by atoms with Gasteiger partial charge in [0.1, 0.15) is 11.5 Å². The third-order valence-electron chi connectivity index (χ3n) is 3.09. The van der Waals surface area contributed by atoms with Crippen molar-refractivity contribution in [2.45, 2.75) is 20.8 Å². The minimum atomic E-state index is -0.173. The lowest BCUT2D eigenvalue weighted by Crippen LogP contribution is -2.13. The van der Waals surface area contributed by atoms with Crippen LogP contribution in [0, 0.1) is 32.6 Å². The molecule has 1 aromatic heterocycles. The first-order chi connectivity index (χ1) is 10.0. The van der Waals surface area contributed by atoms with Crippen LogP contribution in [0.3, 0.4) is 0 Å². The van der Waals surface area contributed by atoms with E-state index in [4.69, 9.17) is 10.2 Å². The van der Waals surface area contributed by atoms with E-state index >= 15 is 0 Å². The van der Waals surface area contributed by atoms with E-state index < -0.39 is 0 Å². The summed E-state index contributed by atoms with van der Waals surface area (Å²) in [5, 5.41) is 2.89. The Morgan fingerprint density at radius 3 is 2.62 bits per heavy atom. The topological polar surface area (TPSA) is 68.3 Å². The molecule has 1 heterocycles. The van der Waals surface area contributed by atoms with Crippen LogP contribution in [0.4, 0.5) is 5.69 Å². The first-order valence-corrected chi connectivity index (χ1v) is 6.69. The van der Waals surface area contributed by atoms with E-state index in [0.717, 1.165) is 22.6 Å². The standard InChI is InChI=1S/C17H18N2O2/c1-11-9-14(5-4-8-18)6-7-16(11)19-17(20)15-10-12(2)21-13(15)3/h6-7,9-10H,8,18H2,1-3H3,(H,19,20). The lowest BCUT2D eigenvalue weighted by molar-refractivity contribution is 0.102. The molecule has 0 saturated heterocycles. The Morgan fingerprint density at radius 2 is 2.05 bits per heavy atom. The number of carbonyl (C=O) groups is 1. The first-order valence-electron chi connectivity index (χ1n) is 6.69. The van der Waals surface area contributed by atoms with Gasteiger partial charge in [0, 0.05) is 11.3 Å². The van der Waals surface area contributed by atoms with Gasteiger partial charge in [-0.3, -0.25) is 4.79 Å².